The van der Waals surface area contributed by atoms with Gasteiger partial charge in [-0.1, -0.05) is 25.2 Å². The molecule has 1 fully saturated rings. The minimum atomic E-state index is 0.744. The summed E-state index contributed by atoms with van der Waals surface area (Å²) >= 11 is 0. The van der Waals surface area contributed by atoms with Crippen molar-refractivity contribution in [2.24, 2.45) is 5.92 Å². The van der Waals surface area contributed by atoms with Crippen LogP contribution in [-0.2, 0) is 0 Å². The van der Waals surface area contributed by atoms with E-state index in [-0.39, 0.29) is 0 Å². The summed E-state index contributed by atoms with van der Waals surface area (Å²) in [4.78, 5) is 0. The van der Waals surface area contributed by atoms with E-state index in [0.717, 1.165) is 12.5 Å². The van der Waals surface area contributed by atoms with Gasteiger partial charge in [-0.25, -0.2) is 0 Å². The smallest absolute Gasteiger partial charge is 0.0399 e. The first-order valence-corrected chi connectivity index (χ1v) is 4.77. The molecule has 1 aliphatic rings. The standard InChI is InChI=1S/C12H17N/c1-3-4-9-13-10-8-11(2)12-6-5-7-12/h4,8,10,12-13H,1-2,5-7,9H2/b10-8-. The molecule has 0 radical (unpaired) electrons. The lowest BCUT2D eigenvalue weighted by Gasteiger charge is -2.25. The van der Waals surface area contributed by atoms with Crippen LogP contribution in [0, 0.1) is 5.92 Å². The van der Waals surface area contributed by atoms with Gasteiger partial charge in [0.05, 0.1) is 0 Å². The first-order valence-electron chi connectivity index (χ1n) is 4.77. The van der Waals surface area contributed by atoms with Gasteiger partial charge < -0.3 is 5.32 Å². The van der Waals surface area contributed by atoms with Crippen molar-refractivity contribution in [1.29, 1.82) is 0 Å². The Hall–Kier alpha value is -1.20. The number of hydrogen-bond acceptors (Lipinski definition) is 1. The maximum Gasteiger partial charge on any atom is 0.0399 e. The third-order valence-corrected chi connectivity index (χ3v) is 2.41. The Kier molecular flexibility index (Phi) is 4.14. The van der Waals surface area contributed by atoms with E-state index in [1.807, 2.05) is 12.3 Å². The third kappa shape index (κ3) is 3.35. The van der Waals surface area contributed by atoms with Crippen molar-refractivity contribution < 1.29 is 0 Å². The summed E-state index contributed by atoms with van der Waals surface area (Å²) in [6.45, 7) is 8.30. The van der Waals surface area contributed by atoms with Crippen LogP contribution in [0.3, 0.4) is 0 Å². The van der Waals surface area contributed by atoms with Crippen LogP contribution in [0.1, 0.15) is 19.3 Å². The average Bonchev–Trinajstić information content (AvgIpc) is 2.01. The summed E-state index contributed by atoms with van der Waals surface area (Å²) in [7, 11) is 0. The zero-order valence-electron chi connectivity index (χ0n) is 8.05. The van der Waals surface area contributed by atoms with Gasteiger partial charge in [0, 0.05) is 6.54 Å². The highest BCUT2D eigenvalue weighted by Crippen LogP contribution is 2.32. The second-order valence-electron chi connectivity index (χ2n) is 3.35. The molecule has 1 nitrogen and oxygen atoms in total. The van der Waals surface area contributed by atoms with Crippen molar-refractivity contribution in [2.45, 2.75) is 19.3 Å². The molecule has 0 aromatic carbocycles. The molecule has 0 aromatic heterocycles. The topological polar surface area (TPSA) is 12.0 Å². The van der Waals surface area contributed by atoms with E-state index in [1.165, 1.54) is 24.8 Å². The first kappa shape index (κ1) is 9.88. The van der Waals surface area contributed by atoms with Crippen LogP contribution in [0.5, 0.6) is 0 Å². The lowest BCUT2D eigenvalue weighted by molar-refractivity contribution is 0.375. The van der Waals surface area contributed by atoms with Crippen molar-refractivity contribution in [1.82, 2.24) is 5.32 Å². The molecule has 0 amide bonds. The molecular weight excluding hydrogens is 158 g/mol. The Morgan fingerprint density at radius 3 is 2.85 bits per heavy atom. The molecule has 1 saturated carbocycles. The number of hydrogen-bond donors (Lipinski definition) is 1. The SMILES string of the molecule is C=C=CCN/C=C\C(=C)C1CCC1. The second kappa shape index (κ2) is 5.45. The van der Waals surface area contributed by atoms with E-state index in [0.29, 0.717) is 0 Å². The monoisotopic (exact) mass is 175 g/mol. The van der Waals surface area contributed by atoms with Crippen molar-refractivity contribution >= 4 is 0 Å². The molecule has 0 heterocycles. The fourth-order valence-corrected chi connectivity index (χ4v) is 1.28. The molecule has 13 heavy (non-hydrogen) atoms. The molecule has 1 heteroatoms. The van der Waals surface area contributed by atoms with Crippen molar-refractivity contribution in [3.63, 3.8) is 0 Å². The Morgan fingerprint density at radius 1 is 1.54 bits per heavy atom. The molecule has 0 bridgehead atoms. The van der Waals surface area contributed by atoms with Crippen LogP contribution >= 0.6 is 0 Å². The fraction of sp³-hybridized carbons (Fsp3) is 0.417. The van der Waals surface area contributed by atoms with E-state index in [4.69, 9.17) is 0 Å². The molecule has 0 saturated heterocycles. The third-order valence-electron chi connectivity index (χ3n) is 2.41. The predicted octanol–water partition coefficient (Wildman–Crippen LogP) is 2.79. The lowest BCUT2D eigenvalue weighted by atomic mass is 9.80. The highest BCUT2D eigenvalue weighted by atomic mass is 14.8. The van der Waals surface area contributed by atoms with Gasteiger partial charge in [-0.2, -0.15) is 0 Å². The zero-order chi connectivity index (χ0) is 9.52. The summed E-state index contributed by atoms with van der Waals surface area (Å²) in [6.07, 6.45) is 9.88. The summed E-state index contributed by atoms with van der Waals surface area (Å²) in [5.41, 5.74) is 3.96. The highest BCUT2D eigenvalue weighted by Gasteiger charge is 2.18. The van der Waals surface area contributed by atoms with Crippen LogP contribution < -0.4 is 5.32 Å². The summed E-state index contributed by atoms with van der Waals surface area (Å²) in [5, 5.41) is 3.12. The quantitative estimate of drug-likeness (QED) is 0.385. The first-order chi connectivity index (χ1) is 6.34. The molecule has 1 aliphatic carbocycles. The second-order valence-corrected chi connectivity index (χ2v) is 3.35. The van der Waals surface area contributed by atoms with E-state index >= 15 is 0 Å². The summed E-state index contributed by atoms with van der Waals surface area (Å²) in [6, 6.07) is 0. The van der Waals surface area contributed by atoms with Gasteiger partial charge in [-0.15, -0.1) is 5.73 Å². The molecule has 70 valence electrons. The van der Waals surface area contributed by atoms with Crippen LogP contribution in [-0.4, -0.2) is 6.54 Å². The van der Waals surface area contributed by atoms with Crippen molar-refractivity contribution in [2.75, 3.05) is 6.54 Å². The number of rotatable bonds is 5. The molecular formula is C12H17N. The molecule has 1 N–H and O–H groups in total. The van der Waals surface area contributed by atoms with Crippen LogP contribution in [0.15, 0.2) is 42.8 Å². The van der Waals surface area contributed by atoms with Gasteiger partial charge in [-0.05, 0) is 37.1 Å². The summed E-state index contributed by atoms with van der Waals surface area (Å²) in [5.74, 6) is 0.744. The average molecular weight is 175 g/mol. The van der Waals surface area contributed by atoms with Crippen LogP contribution in [0.4, 0.5) is 0 Å². The van der Waals surface area contributed by atoms with Crippen molar-refractivity contribution in [3.05, 3.63) is 42.8 Å². The molecule has 0 spiro atoms. The Bertz CT molecular complexity index is 240. The van der Waals surface area contributed by atoms with Gasteiger partial charge in [0.15, 0.2) is 0 Å². The Balaban J connectivity index is 2.14. The molecule has 0 aliphatic heterocycles. The Labute approximate surface area is 80.5 Å². The van der Waals surface area contributed by atoms with E-state index < -0.39 is 0 Å². The van der Waals surface area contributed by atoms with Crippen molar-refractivity contribution in [3.8, 4) is 0 Å². The van der Waals surface area contributed by atoms with Gasteiger partial charge in [0.25, 0.3) is 0 Å². The number of nitrogens with one attached hydrogen (secondary N) is 1. The number of allylic oxidation sites excluding steroid dienone is 2. The minimum Gasteiger partial charge on any atom is -0.387 e. The maximum absolute atomic E-state index is 4.03. The summed E-state index contributed by atoms with van der Waals surface area (Å²) < 4.78 is 0. The van der Waals surface area contributed by atoms with Crippen LogP contribution in [0.25, 0.3) is 0 Å². The van der Waals surface area contributed by atoms with Gasteiger partial charge >= 0.3 is 0 Å². The molecule has 0 atom stereocenters. The maximum atomic E-state index is 4.03. The van der Waals surface area contributed by atoms with E-state index in [9.17, 15) is 0 Å². The minimum absolute atomic E-state index is 0.744. The van der Waals surface area contributed by atoms with Crippen LogP contribution in [0.2, 0.25) is 0 Å². The van der Waals surface area contributed by atoms with E-state index in [2.05, 4.69) is 30.3 Å². The van der Waals surface area contributed by atoms with E-state index in [1.54, 1.807) is 0 Å². The zero-order valence-corrected chi connectivity index (χ0v) is 8.05. The Morgan fingerprint density at radius 2 is 2.31 bits per heavy atom. The van der Waals surface area contributed by atoms with Gasteiger partial charge in [0.2, 0.25) is 0 Å². The molecule has 0 unspecified atom stereocenters. The largest absolute Gasteiger partial charge is 0.387 e. The van der Waals surface area contributed by atoms with Gasteiger partial charge in [0.1, 0.15) is 0 Å². The molecule has 1 rings (SSSR count). The predicted molar refractivity (Wildman–Crippen MR) is 57.3 cm³/mol. The fourth-order valence-electron chi connectivity index (χ4n) is 1.28. The lowest BCUT2D eigenvalue weighted by Crippen LogP contribution is -2.12. The van der Waals surface area contributed by atoms with Gasteiger partial charge in [-0.3, -0.25) is 0 Å². The normalized spacial score (nSPS) is 16.3. The molecule has 0 aromatic rings. The highest BCUT2D eigenvalue weighted by molar-refractivity contribution is 5.19.